The number of hydrogen-bond acceptors (Lipinski definition) is 1. The van der Waals surface area contributed by atoms with E-state index in [2.05, 4.69) is 19.2 Å². The van der Waals surface area contributed by atoms with E-state index in [-0.39, 0.29) is 5.82 Å². The van der Waals surface area contributed by atoms with Crippen LogP contribution in [0.15, 0.2) is 18.2 Å². The molecule has 0 heterocycles. The third-order valence-corrected chi connectivity index (χ3v) is 2.94. The molecule has 1 nitrogen and oxygen atoms in total. The van der Waals surface area contributed by atoms with Crippen LogP contribution in [-0.4, -0.2) is 6.54 Å². The van der Waals surface area contributed by atoms with Gasteiger partial charge in [-0.05, 0) is 37.1 Å². The minimum Gasteiger partial charge on any atom is -0.313 e. The van der Waals surface area contributed by atoms with Gasteiger partial charge in [0, 0.05) is 17.1 Å². The molecule has 0 fully saturated rings. The highest BCUT2D eigenvalue weighted by molar-refractivity contribution is 6.30. The van der Waals surface area contributed by atoms with Crippen molar-refractivity contribution in [1.29, 1.82) is 0 Å². The number of benzene rings is 1. The van der Waals surface area contributed by atoms with Crippen LogP contribution >= 0.6 is 11.6 Å². The minimum atomic E-state index is -0.191. The standard InChI is InChI=1S/C14H21ClFN/c1-11(2)5-3-4-8-17-10-12-9-13(15)6-7-14(12)16/h6-7,9,11,17H,3-5,8,10H2,1-2H3. The Kier molecular flexibility index (Phi) is 6.53. The van der Waals surface area contributed by atoms with Gasteiger partial charge in [0.1, 0.15) is 5.82 Å². The molecule has 0 radical (unpaired) electrons. The summed E-state index contributed by atoms with van der Waals surface area (Å²) in [6, 6.07) is 4.67. The van der Waals surface area contributed by atoms with Gasteiger partial charge >= 0.3 is 0 Å². The van der Waals surface area contributed by atoms with Crippen LogP contribution in [0.3, 0.4) is 0 Å². The summed E-state index contributed by atoms with van der Waals surface area (Å²) in [7, 11) is 0. The first-order chi connectivity index (χ1) is 8.09. The minimum absolute atomic E-state index is 0.191. The monoisotopic (exact) mass is 257 g/mol. The van der Waals surface area contributed by atoms with Crippen molar-refractivity contribution in [3.63, 3.8) is 0 Å². The maximum absolute atomic E-state index is 13.4. The van der Waals surface area contributed by atoms with E-state index in [1.807, 2.05) is 0 Å². The summed E-state index contributed by atoms with van der Waals surface area (Å²) in [4.78, 5) is 0. The maximum Gasteiger partial charge on any atom is 0.127 e. The summed E-state index contributed by atoms with van der Waals surface area (Å²) in [6.45, 7) is 5.94. The fourth-order valence-electron chi connectivity index (χ4n) is 1.70. The number of hydrogen-bond donors (Lipinski definition) is 1. The molecule has 0 bridgehead atoms. The molecule has 1 rings (SSSR count). The molecule has 0 aliphatic heterocycles. The Bertz CT molecular complexity index is 339. The van der Waals surface area contributed by atoms with Gasteiger partial charge in [-0.3, -0.25) is 0 Å². The topological polar surface area (TPSA) is 12.0 Å². The summed E-state index contributed by atoms with van der Waals surface area (Å²) in [5, 5.41) is 3.83. The van der Waals surface area contributed by atoms with E-state index in [1.54, 1.807) is 12.1 Å². The lowest BCUT2D eigenvalue weighted by atomic mass is 10.1. The zero-order valence-corrected chi connectivity index (χ0v) is 11.4. The van der Waals surface area contributed by atoms with Crippen molar-refractivity contribution in [2.75, 3.05) is 6.54 Å². The summed E-state index contributed by atoms with van der Waals surface area (Å²) in [6.07, 6.45) is 3.62. The first-order valence-corrected chi connectivity index (χ1v) is 6.62. The molecule has 0 atom stereocenters. The molecule has 0 aliphatic rings. The SMILES string of the molecule is CC(C)CCCCNCc1cc(Cl)ccc1F. The van der Waals surface area contributed by atoms with Crippen LogP contribution in [0.5, 0.6) is 0 Å². The average molecular weight is 258 g/mol. The molecule has 3 heteroatoms. The Morgan fingerprint density at radius 1 is 1.29 bits per heavy atom. The van der Waals surface area contributed by atoms with Crippen molar-refractivity contribution in [2.24, 2.45) is 5.92 Å². The smallest absolute Gasteiger partial charge is 0.127 e. The van der Waals surface area contributed by atoms with Crippen LogP contribution in [-0.2, 0) is 6.54 Å². The molecule has 0 saturated carbocycles. The molecule has 1 N–H and O–H groups in total. The molecule has 1 aromatic rings. The number of nitrogens with one attached hydrogen (secondary N) is 1. The van der Waals surface area contributed by atoms with Crippen LogP contribution < -0.4 is 5.32 Å². The Hall–Kier alpha value is -0.600. The maximum atomic E-state index is 13.4. The lowest BCUT2D eigenvalue weighted by molar-refractivity contribution is 0.516. The second-order valence-corrected chi connectivity index (χ2v) is 5.24. The first kappa shape index (κ1) is 14.5. The van der Waals surface area contributed by atoms with E-state index in [9.17, 15) is 4.39 Å². The second-order valence-electron chi connectivity index (χ2n) is 4.80. The van der Waals surface area contributed by atoms with Crippen molar-refractivity contribution in [1.82, 2.24) is 5.32 Å². The van der Waals surface area contributed by atoms with Crippen LogP contribution in [0.1, 0.15) is 38.7 Å². The molecular weight excluding hydrogens is 237 g/mol. The van der Waals surface area contributed by atoms with Crippen LogP contribution in [0, 0.1) is 11.7 Å². The van der Waals surface area contributed by atoms with Crippen LogP contribution in [0.4, 0.5) is 4.39 Å². The number of halogens is 2. The summed E-state index contributed by atoms with van der Waals surface area (Å²) < 4.78 is 13.4. The lowest BCUT2D eigenvalue weighted by Crippen LogP contribution is -2.15. The van der Waals surface area contributed by atoms with E-state index >= 15 is 0 Å². The molecule has 17 heavy (non-hydrogen) atoms. The lowest BCUT2D eigenvalue weighted by Gasteiger charge is -2.07. The van der Waals surface area contributed by atoms with Gasteiger partial charge in [0.2, 0.25) is 0 Å². The van der Waals surface area contributed by atoms with Gasteiger partial charge < -0.3 is 5.32 Å². The normalized spacial score (nSPS) is 11.1. The summed E-state index contributed by atoms with van der Waals surface area (Å²) >= 11 is 5.82. The molecule has 0 unspecified atom stereocenters. The van der Waals surface area contributed by atoms with Gasteiger partial charge in [-0.25, -0.2) is 4.39 Å². The average Bonchev–Trinajstić information content (AvgIpc) is 2.27. The fraction of sp³-hybridized carbons (Fsp3) is 0.571. The summed E-state index contributed by atoms with van der Waals surface area (Å²) in [5.74, 6) is 0.574. The third kappa shape index (κ3) is 6.04. The van der Waals surface area contributed by atoms with Crippen LogP contribution in [0.2, 0.25) is 5.02 Å². The Morgan fingerprint density at radius 3 is 2.76 bits per heavy atom. The second kappa shape index (κ2) is 7.67. The number of rotatable bonds is 7. The third-order valence-electron chi connectivity index (χ3n) is 2.71. The zero-order valence-electron chi connectivity index (χ0n) is 10.6. The van der Waals surface area contributed by atoms with E-state index in [0.717, 1.165) is 18.9 Å². The molecular formula is C14H21ClFN. The fourth-order valence-corrected chi connectivity index (χ4v) is 1.90. The molecule has 0 saturated heterocycles. The highest BCUT2D eigenvalue weighted by Gasteiger charge is 2.02. The molecule has 0 spiro atoms. The predicted molar refractivity (Wildman–Crippen MR) is 71.8 cm³/mol. The molecule has 1 aromatic carbocycles. The van der Waals surface area contributed by atoms with E-state index in [0.29, 0.717) is 17.1 Å². The van der Waals surface area contributed by atoms with Crippen molar-refractivity contribution in [2.45, 2.75) is 39.7 Å². The Labute approximate surface area is 108 Å². The molecule has 96 valence electrons. The largest absolute Gasteiger partial charge is 0.313 e. The highest BCUT2D eigenvalue weighted by Crippen LogP contribution is 2.14. The zero-order chi connectivity index (χ0) is 12.7. The van der Waals surface area contributed by atoms with Gasteiger partial charge in [-0.2, -0.15) is 0 Å². The van der Waals surface area contributed by atoms with Crippen molar-refractivity contribution in [3.8, 4) is 0 Å². The predicted octanol–water partition coefficient (Wildman–Crippen LogP) is 4.40. The van der Waals surface area contributed by atoms with Gasteiger partial charge in [-0.1, -0.05) is 38.3 Å². The van der Waals surface area contributed by atoms with Gasteiger partial charge in [0.05, 0.1) is 0 Å². The van der Waals surface area contributed by atoms with Crippen molar-refractivity contribution >= 4 is 11.6 Å². The highest BCUT2D eigenvalue weighted by atomic mass is 35.5. The molecule has 0 aliphatic carbocycles. The molecule has 0 aromatic heterocycles. The van der Waals surface area contributed by atoms with Crippen LogP contribution in [0.25, 0.3) is 0 Å². The van der Waals surface area contributed by atoms with Gasteiger partial charge in [0.15, 0.2) is 0 Å². The van der Waals surface area contributed by atoms with Gasteiger partial charge in [0.25, 0.3) is 0 Å². The number of unbranched alkanes of at least 4 members (excludes halogenated alkanes) is 1. The van der Waals surface area contributed by atoms with E-state index < -0.39 is 0 Å². The Balaban J connectivity index is 2.20. The molecule has 0 amide bonds. The quantitative estimate of drug-likeness (QED) is 0.714. The van der Waals surface area contributed by atoms with E-state index in [4.69, 9.17) is 11.6 Å². The summed E-state index contributed by atoms with van der Waals surface area (Å²) in [5.41, 5.74) is 0.640. The van der Waals surface area contributed by atoms with Crippen molar-refractivity contribution in [3.05, 3.63) is 34.6 Å². The van der Waals surface area contributed by atoms with Crippen molar-refractivity contribution < 1.29 is 4.39 Å². The Morgan fingerprint density at radius 2 is 2.06 bits per heavy atom. The first-order valence-electron chi connectivity index (χ1n) is 6.24. The van der Waals surface area contributed by atoms with Gasteiger partial charge in [-0.15, -0.1) is 0 Å². The van der Waals surface area contributed by atoms with E-state index in [1.165, 1.54) is 18.9 Å².